The number of nitrogens with one attached hydrogen (secondary N) is 1. The van der Waals surface area contributed by atoms with Gasteiger partial charge >= 0.3 is 0 Å². The molecule has 0 saturated carbocycles. The topological polar surface area (TPSA) is 130 Å². The van der Waals surface area contributed by atoms with Crippen molar-refractivity contribution in [3.8, 4) is 11.9 Å². The van der Waals surface area contributed by atoms with Crippen LogP contribution in [0.3, 0.4) is 0 Å². The van der Waals surface area contributed by atoms with Crippen LogP contribution in [0.4, 0.5) is 5.82 Å². The molecule has 0 spiro atoms. The summed E-state index contributed by atoms with van der Waals surface area (Å²) in [7, 11) is 1.49. The van der Waals surface area contributed by atoms with Crippen LogP contribution < -0.4 is 9.75 Å². The van der Waals surface area contributed by atoms with Gasteiger partial charge in [-0.3, -0.25) is 9.59 Å². The number of amidine groups is 1. The first kappa shape index (κ1) is 28.0. The number of aromatic nitrogens is 2. The highest BCUT2D eigenvalue weighted by Gasteiger charge is 2.31. The molecule has 0 bridgehead atoms. The van der Waals surface area contributed by atoms with Crippen LogP contribution in [0.25, 0.3) is 10.9 Å². The second-order valence-electron chi connectivity index (χ2n) is 9.01. The highest BCUT2D eigenvalue weighted by Crippen LogP contribution is 2.34. The first-order valence-electron chi connectivity index (χ1n) is 13.1. The second kappa shape index (κ2) is 12.7. The summed E-state index contributed by atoms with van der Waals surface area (Å²) in [6.45, 7) is 9.40. The summed E-state index contributed by atoms with van der Waals surface area (Å²) in [6.07, 6.45) is 7.97. The zero-order valence-electron chi connectivity index (χ0n) is 22.9. The van der Waals surface area contributed by atoms with Gasteiger partial charge in [0.1, 0.15) is 11.6 Å². The van der Waals surface area contributed by atoms with E-state index in [9.17, 15) is 14.9 Å². The number of H-pyrrole nitrogens is 1. The van der Waals surface area contributed by atoms with Crippen molar-refractivity contribution in [3.05, 3.63) is 66.6 Å². The Morgan fingerprint density at radius 1 is 1.18 bits per heavy atom. The number of benzene rings is 1. The summed E-state index contributed by atoms with van der Waals surface area (Å²) in [5.74, 6) is 0.0838. The van der Waals surface area contributed by atoms with Gasteiger partial charge in [-0.2, -0.15) is 15.4 Å². The zero-order chi connectivity index (χ0) is 28.6. The van der Waals surface area contributed by atoms with Crippen molar-refractivity contribution in [3.63, 3.8) is 0 Å². The Kier molecular flexibility index (Phi) is 8.91. The highest BCUT2D eigenvalue weighted by atomic mass is 16.5. The van der Waals surface area contributed by atoms with Crippen molar-refractivity contribution >= 4 is 40.0 Å². The van der Waals surface area contributed by atoms with Crippen molar-refractivity contribution in [2.24, 2.45) is 10.1 Å². The van der Waals surface area contributed by atoms with Crippen LogP contribution in [-0.4, -0.2) is 76.3 Å². The molecule has 1 N–H and O–H groups in total. The SMILES string of the molecule is C=CN(N=C(CC)CC)c1ncc(OC)c2c(C(=O)C(=O)N3CCN(C(=NC#N)c4ccccc4)CC3)c[nH]c12. The van der Waals surface area contributed by atoms with E-state index >= 15 is 0 Å². The monoisotopic (exact) mass is 540 g/mol. The molecule has 1 amide bonds. The van der Waals surface area contributed by atoms with E-state index in [0.717, 1.165) is 24.1 Å². The van der Waals surface area contributed by atoms with E-state index < -0.39 is 11.7 Å². The molecule has 4 rings (SSSR count). The number of amides is 1. The highest BCUT2D eigenvalue weighted by molar-refractivity contribution is 6.45. The van der Waals surface area contributed by atoms with Gasteiger partial charge in [0, 0.05) is 49.9 Å². The van der Waals surface area contributed by atoms with Gasteiger partial charge in [-0.05, 0) is 12.8 Å². The average molecular weight is 541 g/mol. The number of hydrogen-bond acceptors (Lipinski definition) is 8. The van der Waals surface area contributed by atoms with Gasteiger partial charge in [-0.25, -0.2) is 9.99 Å². The van der Waals surface area contributed by atoms with E-state index in [1.165, 1.54) is 24.4 Å². The molecule has 1 aliphatic rings. The number of methoxy groups -OCH3 is 1. The number of fused-ring (bicyclic) bond motifs is 1. The second-order valence-corrected chi connectivity index (χ2v) is 9.01. The summed E-state index contributed by atoms with van der Waals surface area (Å²) in [5, 5.41) is 15.9. The van der Waals surface area contributed by atoms with E-state index in [0.29, 0.717) is 54.5 Å². The maximum absolute atomic E-state index is 13.5. The fourth-order valence-electron chi connectivity index (χ4n) is 4.66. The molecule has 2 aromatic heterocycles. The lowest BCUT2D eigenvalue weighted by Crippen LogP contribution is -2.52. The van der Waals surface area contributed by atoms with Gasteiger partial charge < -0.3 is 19.5 Å². The third-order valence-corrected chi connectivity index (χ3v) is 6.82. The number of aliphatic imine (C=N–C) groups is 1. The molecule has 3 aromatic rings. The summed E-state index contributed by atoms with van der Waals surface area (Å²) in [4.78, 5) is 42.0. The molecule has 11 heteroatoms. The first-order chi connectivity index (χ1) is 19.5. The predicted molar refractivity (Wildman–Crippen MR) is 154 cm³/mol. The largest absolute Gasteiger partial charge is 0.494 e. The number of carbonyl (C=O) groups is 2. The molecular formula is C29H32N8O3. The summed E-state index contributed by atoms with van der Waals surface area (Å²) in [5.41, 5.74) is 2.48. The van der Waals surface area contributed by atoms with Gasteiger partial charge in [-0.1, -0.05) is 50.8 Å². The maximum atomic E-state index is 13.5. The average Bonchev–Trinajstić information content (AvgIpc) is 3.46. The summed E-state index contributed by atoms with van der Waals surface area (Å²) >= 11 is 0. The van der Waals surface area contributed by atoms with Crippen LogP contribution in [0, 0.1) is 11.5 Å². The van der Waals surface area contributed by atoms with E-state index in [-0.39, 0.29) is 5.56 Å². The Labute approximate surface area is 233 Å². The number of aromatic amines is 1. The summed E-state index contributed by atoms with van der Waals surface area (Å²) < 4.78 is 5.51. The normalized spacial score (nSPS) is 13.5. The van der Waals surface area contributed by atoms with E-state index in [4.69, 9.17) is 4.74 Å². The standard InChI is InChI=1S/C29H32N8O3/c1-5-21(6-2)34-37(7-3)28-25-24(23(40-4)18-32-28)22(17-31-25)26(38)29(39)36-15-13-35(14-16-36)27(33-19-30)20-11-9-8-10-12-20/h7-12,17-18,31H,3,5-6,13-16H2,1-2,4H3. The third-order valence-electron chi connectivity index (χ3n) is 6.82. The number of piperazine rings is 1. The Bertz CT molecular complexity index is 1490. The minimum atomic E-state index is -0.652. The third kappa shape index (κ3) is 5.56. The van der Waals surface area contributed by atoms with Crippen LogP contribution in [0.15, 0.2) is 65.6 Å². The number of nitrogens with zero attached hydrogens (tertiary/aromatic N) is 7. The van der Waals surface area contributed by atoms with E-state index in [1.807, 2.05) is 55.3 Å². The van der Waals surface area contributed by atoms with Crippen LogP contribution in [0.2, 0.25) is 0 Å². The summed E-state index contributed by atoms with van der Waals surface area (Å²) in [6, 6.07) is 9.42. The lowest BCUT2D eigenvalue weighted by Gasteiger charge is -2.36. The lowest BCUT2D eigenvalue weighted by atomic mass is 10.1. The molecule has 206 valence electrons. The van der Waals surface area contributed by atoms with Crippen molar-refractivity contribution in [2.75, 3.05) is 38.3 Å². The first-order valence-corrected chi connectivity index (χ1v) is 13.1. The predicted octanol–water partition coefficient (Wildman–Crippen LogP) is 3.95. The molecule has 1 saturated heterocycles. The molecule has 11 nitrogen and oxygen atoms in total. The number of Topliss-reactive ketones (excluding diaryl/α,β-unsaturated/α-hetero) is 1. The molecule has 0 unspecified atom stereocenters. The number of ether oxygens (including phenoxy) is 1. The molecule has 1 aromatic carbocycles. The number of nitriles is 1. The van der Waals surface area contributed by atoms with Gasteiger partial charge in [0.15, 0.2) is 5.82 Å². The Morgan fingerprint density at radius 2 is 1.85 bits per heavy atom. The number of hydrogen-bond donors (Lipinski definition) is 1. The number of rotatable bonds is 9. The van der Waals surface area contributed by atoms with Crippen molar-refractivity contribution in [1.29, 1.82) is 5.26 Å². The molecule has 0 radical (unpaired) electrons. The van der Waals surface area contributed by atoms with Gasteiger partial charge in [0.25, 0.3) is 11.7 Å². The zero-order valence-corrected chi connectivity index (χ0v) is 22.9. The maximum Gasteiger partial charge on any atom is 0.295 e. The van der Waals surface area contributed by atoms with Gasteiger partial charge in [-0.15, -0.1) is 0 Å². The van der Waals surface area contributed by atoms with Gasteiger partial charge in [0.2, 0.25) is 6.19 Å². The minimum Gasteiger partial charge on any atom is -0.494 e. The van der Waals surface area contributed by atoms with Crippen molar-refractivity contribution in [2.45, 2.75) is 26.7 Å². The Hall–Kier alpha value is -4.98. The van der Waals surface area contributed by atoms with Crippen LogP contribution in [0.5, 0.6) is 5.75 Å². The molecule has 0 aliphatic carbocycles. The number of carbonyl (C=O) groups excluding carboxylic acids is 2. The molecule has 3 heterocycles. The smallest absolute Gasteiger partial charge is 0.295 e. The molecule has 1 aliphatic heterocycles. The van der Waals surface area contributed by atoms with Crippen molar-refractivity contribution < 1.29 is 14.3 Å². The number of pyridine rings is 1. The molecule has 40 heavy (non-hydrogen) atoms. The lowest BCUT2D eigenvalue weighted by molar-refractivity contribution is -0.127. The van der Waals surface area contributed by atoms with Crippen molar-refractivity contribution in [1.82, 2.24) is 19.8 Å². The minimum absolute atomic E-state index is 0.193. The fraction of sp³-hybridized carbons (Fsp3) is 0.310. The Balaban J connectivity index is 1.58. The molecule has 0 atom stereocenters. The number of hydrazone groups is 1. The van der Waals surface area contributed by atoms with Crippen LogP contribution in [0.1, 0.15) is 42.6 Å². The van der Waals surface area contributed by atoms with Crippen LogP contribution in [-0.2, 0) is 4.79 Å². The van der Waals surface area contributed by atoms with Gasteiger partial charge in [0.05, 0.1) is 29.8 Å². The molecular weight excluding hydrogens is 508 g/mol. The number of ketones is 1. The van der Waals surface area contributed by atoms with E-state index in [1.54, 1.807) is 11.2 Å². The fourth-order valence-corrected chi connectivity index (χ4v) is 4.66. The number of anilines is 1. The Morgan fingerprint density at radius 3 is 2.45 bits per heavy atom. The quantitative estimate of drug-likeness (QED) is 0.109. The van der Waals surface area contributed by atoms with Crippen LogP contribution >= 0.6 is 0 Å². The molecule has 1 fully saturated rings. The van der Waals surface area contributed by atoms with E-state index in [2.05, 4.69) is 26.6 Å².